The Morgan fingerprint density at radius 3 is 2.55 bits per heavy atom. The summed E-state index contributed by atoms with van der Waals surface area (Å²) in [5.74, 6) is 0.0211. The molecule has 0 aromatic heterocycles. The maximum atomic E-state index is 11.8. The number of halogens is 2. The first-order valence-electron chi connectivity index (χ1n) is 6.76. The van der Waals surface area contributed by atoms with E-state index in [1.165, 1.54) is 0 Å². The highest BCUT2D eigenvalue weighted by atomic mass is 79.9. The minimum absolute atomic E-state index is 0.190. The molecule has 0 aliphatic rings. The van der Waals surface area contributed by atoms with E-state index in [1.54, 1.807) is 38.3 Å². The van der Waals surface area contributed by atoms with Crippen LogP contribution in [0.1, 0.15) is 19.4 Å². The van der Waals surface area contributed by atoms with E-state index in [2.05, 4.69) is 20.9 Å². The molecule has 0 fully saturated rings. The molecule has 0 heterocycles. The number of hydrogen-bond donors (Lipinski definition) is 0. The van der Waals surface area contributed by atoms with Gasteiger partial charge in [0, 0.05) is 21.3 Å². The molecule has 0 aliphatic heterocycles. The Balaban J connectivity index is 2.27. The van der Waals surface area contributed by atoms with Crippen molar-refractivity contribution >= 4 is 45.4 Å². The topological polar surface area (TPSA) is 38.7 Å². The van der Waals surface area contributed by atoms with Gasteiger partial charge in [0.05, 0.1) is 11.6 Å². The molecule has 22 heavy (non-hydrogen) atoms. The van der Waals surface area contributed by atoms with Gasteiger partial charge in [0.25, 0.3) is 0 Å². The first kappa shape index (κ1) is 16.7. The molecule has 114 valence electrons. The number of ether oxygens (including phenoxy) is 1. The fourth-order valence-electron chi connectivity index (χ4n) is 1.61. The smallest absolute Gasteiger partial charge is 0.313 e. The van der Waals surface area contributed by atoms with Crippen LogP contribution >= 0.6 is 27.5 Å². The van der Waals surface area contributed by atoms with Crippen LogP contribution in [-0.2, 0) is 4.79 Å². The van der Waals surface area contributed by atoms with E-state index < -0.39 is 0 Å². The largest absolute Gasteiger partial charge is 0.426 e. The summed E-state index contributed by atoms with van der Waals surface area (Å²) >= 11 is 9.25. The number of carbonyl (C=O) groups excluding carboxylic acids is 1. The van der Waals surface area contributed by atoms with Crippen LogP contribution in [0.25, 0.3) is 0 Å². The molecule has 0 bridgehead atoms. The summed E-state index contributed by atoms with van der Waals surface area (Å²) < 4.78 is 6.28. The predicted octanol–water partition coefficient (Wildman–Crippen LogP) is 5.41. The second kappa shape index (κ2) is 7.56. The minimum atomic E-state index is -0.275. The van der Waals surface area contributed by atoms with Gasteiger partial charge in [0.15, 0.2) is 0 Å². The Kier molecular flexibility index (Phi) is 5.75. The number of rotatable bonds is 4. The Morgan fingerprint density at radius 1 is 1.23 bits per heavy atom. The normalized spacial score (nSPS) is 11.1. The van der Waals surface area contributed by atoms with Crippen LogP contribution in [0.3, 0.4) is 0 Å². The van der Waals surface area contributed by atoms with E-state index >= 15 is 0 Å². The second-order valence-electron chi connectivity index (χ2n) is 4.99. The van der Waals surface area contributed by atoms with E-state index in [4.69, 9.17) is 16.3 Å². The summed E-state index contributed by atoms with van der Waals surface area (Å²) in [5.41, 5.74) is 1.49. The minimum Gasteiger partial charge on any atom is -0.426 e. The van der Waals surface area contributed by atoms with Gasteiger partial charge in [0.2, 0.25) is 0 Å². The molecule has 0 amide bonds. The molecular weight excluding hydrogens is 366 g/mol. The van der Waals surface area contributed by atoms with Crippen LogP contribution in [0.2, 0.25) is 5.02 Å². The summed E-state index contributed by atoms with van der Waals surface area (Å²) in [6.07, 6.45) is 1.66. The molecule has 0 N–H and O–H groups in total. The monoisotopic (exact) mass is 379 g/mol. The maximum Gasteiger partial charge on any atom is 0.313 e. The van der Waals surface area contributed by atoms with Crippen molar-refractivity contribution in [3.8, 4) is 5.75 Å². The third-order valence-corrected chi connectivity index (χ3v) is 3.58. The zero-order chi connectivity index (χ0) is 16.1. The Labute approximate surface area is 143 Å². The van der Waals surface area contributed by atoms with E-state index in [-0.39, 0.29) is 11.9 Å². The Hall–Kier alpha value is -1.65. The molecule has 0 saturated heterocycles. The maximum absolute atomic E-state index is 11.8. The lowest BCUT2D eigenvalue weighted by Crippen LogP contribution is -2.15. The lowest BCUT2D eigenvalue weighted by Gasteiger charge is -2.09. The SMILES string of the molecule is CC(C)C(=O)Oc1ccc(Br)cc1C=Nc1ccc(Cl)cc1. The number of esters is 1. The average molecular weight is 381 g/mol. The lowest BCUT2D eigenvalue weighted by molar-refractivity contribution is -0.137. The Bertz CT molecular complexity index is 696. The van der Waals surface area contributed by atoms with Gasteiger partial charge in [0.1, 0.15) is 5.75 Å². The van der Waals surface area contributed by atoms with Gasteiger partial charge in [-0.05, 0) is 42.5 Å². The van der Waals surface area contributed by atoms with E-state index in [0.29, 0.717) is 10.8 Å². The number of aliphatic imine (C=N–C) groups is 1. The molecule has 0 spiro atoms. The van der Waals surface area contributed by atoms with Crippen molar-refractivity contribution in [1.29, 1.82) is 0 Å². The van der Waals surface area contributed by atoms with E-state index in [1.807, 2.05) is 24.3 Å². The van der Waals surface area contributed by atoms with Crippen molar-refractivity contribution in [2.24, 2.45) is 10.9 Å². The molecule has 0 radical (unpaired) electrons. The summed E-state index contributed by atoms with van der Waals surface area (Å²) in [6.45, 7) is 3.59. The van der Waals surface area contributed by atoms with Crippen molar-refractivity contribution in [1.82, 2.24) is 0 Å². The third kappa shape index (κ3) is 4.68. The summed E-state index contributed by atoms with van der Waals surface area (Å²) in [4.78, 5) is 16.1. The van der Waals surface area contributed by atoms with Gasteiger partial charge < -0.3 is 4.74 Å². The van der Waals surface area contributed by atoms with Crippen molar-refractivity contribution in [3.05, 3.63) is 57.5 Å². The van der Waals surface area contributed by atoms with Crippen LogP contribution < -0.4 is 4.74 Å². The average Bonchev–Trinajstić information content (AvgIpc) is 2.48. The van der Waals surface area contributed by atoms with Gasteiger partial charge in [-0.2, -0.15) is 0 Å². The summed E-state index contributed by atoms with van der Waals surface area (Å²) in [5, 5.41) is 0.660. The molecule has 2 rings (SSSR count). The zero-order valence-electron chi connectivity index (χ0n) is 12.2. The van der Waals surface area contributed by atoms with Gasteiger partial charge in [-0.3, -0.25) is 9.79 Å². The first-order valence-corrected chi connectivity index (χ1v) is 7.93. The van der Waals surface area contributed by atoms with Gasteiger partial charge in [-0.15, -0.1) is 0 Å². The van der Waals surface area contributed by atoms with E-state index in [9.17, 15) is 4.79 Å². The molecule has 5 heteroatoms. The third-order valence-electron chi connectivity index (χ3n) is 2.83. The van der Waals surface area contributed by atoms with Crippen molar-refractivity contribution in [2.45, 2.75) is 13.8 Å². The highest BCUT2D eigenvalue weighted by Gasteiger charge is 2.12. The lowest BCUT2D eigenvalue weighted by atomic mass is 10.2. The van der Waals surface area contributed by atoms with Gasteiger partial charge >= 0.3 is 5.97 Å². The standard InChI is InChI=1S/C17H15BrClNO2/c1-11(2)17(21)22-16-8-3-13(18)9-12(16)10-20-15-6-4-14(19)5-7-15/h3-11H,1-2H3. The van der Waals surface area contributed by atoms with Crippen molar-refractivity contribution in [2.75, 3.05) is 0 Å². The fraction of sp³-hybridized carbons (Fsp3) is 0.176. The van der Waals surface area contributed by atoms with Crippen molar-refractivity contribution in [3.63, 3.8) is 0 Å². The highest BCUT2D eigenvalue weighted by Crippen LogP contribution is 2.24. The highest BCUT2D eigenvalue weighted by molar-refractivity contribution is 9.10. The molecule has 3 nitrogen and oxygen atoms in total. The fourth-order valence-corrected chi connectivity index (χ4v) is 2.12. The number of nitrogens with zero attached hydrogens (tertiary/aromatic N) is 1. The van der Waals surface area contributed by atoms with Crippen molar-refractivity contribution < 1.29 is 9.53 Å². The summed E-state index contributed by atoms with van der Waals surface area (Å²) in [7, 11) is 0. The van der Waals surface area contributed by atoms with Crippen LogP contribution in [0.5, 0.6) is 5.75 Å². The number of carbonyl (C=O) groups is 1. The van der Waals surface area contributed by atoms with Gasteiger partial charge in [-0.1, -0.05) is 41.4 Å². The molecule has 2 aromatic carbocycles. The van der Waals surface area contributed by atoms with Gasteiger partial charge in [-0.25, -0.2) is 0 Å². The van der Waals surface area contributed by atoms with Crippen LogP contribution in [-0.4, -0.2) is 12.2 Å². The molecular formula is C17H15BrClNO2. The number of hydrogen-bond acceptors (Lipinski definition) is 3. The van der Waals surface area contributed by atoms with Crippen LogP contribution in [0.4, 0.5) is 5.69 Å². The molecule has 0 aliphatic carbocycles. The second-order valence-corrected chi connectivity index (χ2v) is 6.34. The summed E-state index contributed by atoms with van der Waals surface area (Å²) in [6, 6.07) is 12.6. The molecule has 0 atom stereocenters. The van der Waals surface area contributed by atoms with Crippen LogP contribution in [0.15, 0.2) is 51.9 Å². The number of benzene rings is 2. The van der Waals surface area contributed by atoms with Crippen LogP contribution in [0, 0.1) is 5.92 Å². The van der Waals surface area contributed by atoms with E-state index in [0.717, 1.165) is 15.7 Å². The molecule has 2 aromatic rings. The molecule has 0 unspecified atom stereocenters. The zero-order valence-corrected chi connectivity index (χ0v) is 14.6. The Morgan fingerprint density at radius 2 is 1.91 bits per heavy atom. The first-order chi connectivity index (χ1) is 10.5. The predicted molar refractivity (Wildman–Crippen MR) is 93.3 cm³/mol. The quantitative estimate of drug-likeness (QED) is 0.404. The molecule has 0 saturated carbocycles.